The van der Waals surface area contributed by atoms with Crippen molar-refractivity contribution in [1.29, 1.82) is 0 Å². The molecule has 2 aromatic heterocycles. The van der Waals surface area contributed by atoms with Crippen LogP contribution in [0.15, 0.2) is 20.0 Å². The zero-order valence-electron chi connectivity index (χ0n) is 9.34. The molecule has 2 aromatic rings. The molecule has 0 fully saturated rings. The van der Waals surface area contributed by atoms with E-state index in [1.165, 1.54) is 0 Å². The molecule has 3 N–H and O–H groups in total. The SMILES string of the molecule is Cc1nc(NS(=O)(=O)c2cc(C(=O)O)oc2Br)n[nH]1. The quantitative estimate of drug-likeness (QED) is 0.746. The fraction of sp³-hybridized carbons (Fsp3) is 0.125. The number of hydrogen-bond acceptors (Lipinski definition) is 6. The summed E-state index contributed by atoms with van der Waals surface area (Å²) in [7, 11) is -4.04. The second kappa shape index (κ2) is 4.66. The van der Waals surface area contributed by atoms with Crippen molar-refractivity contribution in [3.05, 3.63) is 22.3 Å². The lowest BCUT2D eigenvalue weighted by Gasteiger charge is -2.01. The number of anilines is 1. The van der Waals surface area contributed by atoms with Gasteiger partial charge >= 0.3 is 5.97 Å². The molecule has 11 heteroatoms. The number of aromatic nitrogens is 3. The number of nitrogens with zero attached hydrogens (tertiary/aromatic N) is 2. The van der Waals surface area contributed by atoms with Crippen molar-refractivity contribution in [2.45, 2.75) is 11.8 Å². The van der Waals surface area contributed by atoms with Gasteiger partial charge in [0.1, 0.15) is 10.7 Å². The Bertz CT molecular complexity index is 734. The van der Waals surface area contributed by atoms with Gasteiger partial charge in [-0.15, -0.1) is 5.10 Å². The van der Waals surface area contributed by atoms with Crippen LogP contribution in [-0.4, -0.2) is 34.7 Å². The summed E-state index contributed by atoms with van der Waals surface area (Å²) in [5.74, 6) is -1.60. The normalized spacial score (nSPS) is 11.5. The highest BCUT2D eigenvalue weighted by atomic mass is 79.9. The number of carboxylic acids is 1. The summed E-state index contributed by atoms with van der Waals surface area (Å²) >= 11 is 2.84. The molecule has 0 atom stereocenters. The minimum Gasteiger partial charge on any atom is -0.475 e. The van der Waals surface area contributed by atoms with E-state index in [0.29, 0.717) is 5.82 Å². The number of sulfonamides is 1. The summed E-state index contributed by atoms with van der Waals surface area (Å²) in [5.41, 5.74) is 0. The smallest absolute Gasteiger partial charge is 0.371 e. The van der Waals surface area contributed by atoms with Crippen LogP contribution < -0.4 is 4.72 Å². The molecule has 0 aliphatic heterocycles. The van der Waals surface area contributed by atoms with Crippen LogP contribution in [-0.2, 0) is 10.0 Å². The van der Waals surface area contributed by atoms with E-state index in [0.717, 1.165) is 6.07 Å². The van der Waals surface area contributed by atoms with Crippen molar-refractivity contribution in [1.82, 2.24) is 15.2 Å². The van der Waals surface area contributed by atoms with Crippen molar-refractivity contribution in [3.8, 4) is 0 Å². The largest absolute Gasteiger partial charge is 0.475 e. The van der Waals surface area contributed by atoms with Crippen LogP contribution in [0.4, 0.5) is 5.95 Å². The molecular weight excluding hydrogens is 344 g/mol. The number of aromatic carboxylic acids is 1. The monoisotopic (exact) mass is 350 g/mol. The number of carbonyl (C=O) groups is 1. The Kier molecular flexibility index (Phi) is 3.32. The van der Waals surface area contributed by atoms with Gasteiger partial charge in [-0.25, -0.2) is 17.9 Å². The van der Waals surface area contributed by atoms with Crippen LogP contribution in [0.1, 0.15) is 16.4 Å². The molecule has 0 amide bonds. The third-order valence-electron chi connectivity index (χ3n) is 1.98. The molecule has 0 aromatic carbocycles. The standard InChI is InChI=1S/C8H7BrN4O5S/c1-3-10-8(12-11-3)13-19(16,17)5-2-4(7(14)15)18-6(5)9/h2H,1H3,(H,14,15)(H2,10,11,12,13). The molecule has 0 radical (unpaired) electrons. The van der Waals surface area contributed by atoms with Crippen LogP contribution in [0, 0.1) is 6.92 Å². The molecule has 102 valence electrons. The molecule has 19 heavy (non-hydrogen) atoms. The Morgan fingerprint density at radius 2 is 2.26 bits per heavy atom. The maximum atomic E-state index is 12.0. The number of aryl methyl sites for hydroxylation is 1. The summed E-state index contributed by atoms with van der Waals surface area (Å²) in [5, 5.41) is 14.8. The first kappa shape index (κ1) is 13.5. The number of rotatable bonds is 4. The number of carboxylic acid groups (broad SMARTS) is 1. The third kappa shape index (κ3) is 2.76. The van der Waals surface area contributed by atoms with Crippen molar-refractivity contribution in [2.24, 2.45) is 0 Å². The van der Waals surface area contributed by atoms with Gasteiger partial charge in [0.15, 0.2) is 4.67 Å². The average Bonchev–Trinajstić information content (AvgIpc) is 2.85. The van der Waals surface area contributed by atoms with Gasteiger partial charge in [0.05, 0.1) is 0 Å². The van der Waals surface area contributed by atoms with Crippen LogP contribution in [0.3, 0.4) is 0 Å². The summed E-state index contributed by atoms with van der Waals surface area (Å²) in [4.78, 5) is 14.1. The lowest BCUT2D eigenvalue weighted by molar-refractivity contribution is 0.0661. The van der Waals surface area contributed by atoms with E-state index in [2.05, 4.69) is 35.8 Å². The first-order valence-corrected chi connectivity index (χ1v) is 7.01. The number of hydrogen-bond donors (Lipinski definition) is 3. The van der Waals surface area contributed by atoms with Crippen molar-refractivity contribution in [3.63, 3.8) is 0 Å². The Hall–Kier alpha value is -1.88. The van der Waals surface area contributed by atoms with Gasteiger partial charge in [-0.1, -0.05) is 0 Å². The lowest BCUT2D eigenvalue weighted by atomic mass is 10.5. The van der Waals surface area contributed by atoms with Gasteiger partial charge < -0.3 is 9.52 Å². The van der Waals surface area contributed by atoms with E-state index in [1.807, 2.05) is 0 Å². The number of halogens is 1. The van der Waals surface area contributed by atoms with E-state index >= 15 is 0 Å². The van der Waals surface area contributed by atoms with Gasteiger partial charge in [-0.05, 0) is 22.9 Å². The third-order valence-corrected chi connectivity index (χ3v) is 4.16. The number of H-pyrrole nitrogens is 1. The number of furan rings is 1. The molecule has 0 saturated heterocycles. The fourth-order valence-corrected chi connectivity index (χ4v) is 3.09. The maximum absolute atomic E-state index is 12.0. The van der Waals surface area contributed by atoms with Crippen LogP contribution in [0.5, 0.6) is 0 Å². The predicted octanol–water partition coefficient (Wildman–Crippen LogP) is 0.968. The van der Waals surface area contributed by atoms with E-state index in [4.69, 9.17) is 9.52 Å². The zero-order valence-corrected chi connectivity index (χ0v) is 11.7. The summed E-state index contributed by atoms with van der Waals surface area (Å²) in [6, 6.07) is 0.883. The molecule has 2 rings (SSSR count). The second-order valence-corrected chi connectivity index (χ2v) is 5.77. The second-order valence-electron chi connectivity index (χ2n) is 3.40. The highest BCUT2D eigenvalue weighted by molar-refractivity contribution is 9.10. The van der Waals surface area contributed by atoms with Crippen molar-refractivity contribution >= 4 is 37.9 Å². The zero-order chi connectivity index (χ0) is 14.2. The maximum Gasteiger partial charge on any atom is 0.371 e. The van der Waals surface area contributed by atoms with Crippen LogP contribution >= 0.6 is 15.9 Å². The molecule has 0 saturated carbocycles. The Morgan fingerprint density at radius 1 is 1.58 bits per heavy atom. The molecule has 0 bridgehead atoms. The van der Waals surface area contributed by atoms with Gasteiger partial charge in [0, 0.05) is 6.07 Å². The highest BCUT2D eigenvalue weighted by Gasteiger charge is 2.26. The first-order valence-electron chi connectivity index (χ1n) is 4.74. The van der Waals surface area contributed by atoms with Crippen molar-refractivity contribution in [2.75, 3.05) is 4.72 Å². The molecular formula is C8H7BrN4O5S. The van der Waals surface area contributed by atoms with E-state index in [9.17, 15) is 13.2 Å². The molecule has 0 unspecified atom stereocenters. The Balaban J connectivity index is 2.37. The van der Waals surface area contributed by atoms with Gasteiger partial charge in [0.2, 0.25) is 5.76 Å². The Morgan fingerprint density at radius 3 is 2.74 bits per heavy atom. The van der Waals surface area contributed by atoms with E-state index < -0.39 is 21.8 Å². The van der Waals surface area contributed by atoms with Gasteiger partial charge in [-0.3, -0.25) is 5.10 Å². The summed E-state index contributed by atoms with van der Waals surface area (Å²) < 4.78 is 30.6. The fourth-order valence-electron chi connectivity index (χ4n) is 1.20. The average molecular weight is 351 g/mol. The van der Waals surface area contributed by atoms with Crippen LogP contribution in [0.2, 0.25) is 0 Å². The first-order chi connectivity index (χ1) is 8.79. The molecule has 9 nitrogen and oxygen atoms in total. The predicted molar refractivity (Wildman–Crippen MR) is 65.3 cm³/mol. The van der Waals surface area contributed by atoms with E-state index in [1.54, 1.807) is 6.92 Å². The molecule has 0 aliphatic carbocycles. The highest BCUT2D eigenvalue weighted by Crippen LogP contribution is 2.27. The van der Waals surface area contributed by atoms with Gasteiger partial charge in [0.25, 0.3) is 16.0 Å². The molecule has 0 aliphatic rings. The van der Waals surface area contributed by atoms with Gasteiger partial charge in [-0.2, -0.15) is 4.98 Å². The summed E-state index contributed by atoms with van der Waals surface area (Å²) in [6.07, 6.45) is 0. The van der Waals surface area contributed by atoms with Crippen molar-refractivity contribution < 1.29 is 22.7 Å². The Labute approximate surface area is 115 Å². The minimum absolute atomic E-state index is 0.150. The van der Waals surface area contributed by atoms with E-state index in [-0.39, 0.29) is 15.5 Å². The number of nitrogens with one attached hydrogen (secondary N) is 2. The van der Waals surface area contributed by atoms with Crippen LogP contribution in [0.25, 0.3) is 0 Å². The molecule has 0 spiro atoms. The molecule has 2 heterocycles. The minimum atomic E-state index is -4.04. The summed E-state index contributed by atoms with van der Waals surface area (Å²) in [6.45, 7) is 1.60. The number of aromatic amines is 1. The lowest BCUT2D eigenvalue weighted by Crippen LogP contribution is -2.13. The topological polar surface area (TPSA) is 138 Å².